The lowest BCUT2D eigenvalue weighted by Crippen LogP contribution is -2.00. The van der Waals surface area contributed by atoms with Crippen LogP contribution in [0, 0.1) is 10.1 Å². The number of hydrogen-bond acceptors (Lipinski definition) is 3. The zero-order valence-corrected chi connectivity index (χ0v) is 7.69. The van der Waals surface area contributed by atoms with E-state index >= 15 is 0 Å². The van der Waals surface area contributed by atoms with Crippen LogP contribution >= 0.6 is 11.6 Å². The highest BCUT2D eigenvalue weighted by Crippen LogP contribution is 2.25. The Kier molecular flexibility index (Phi) is 3.03. The van der Waals surface area contributed by atoms with E-state index in [1.165, 1.54) is 12.1 Å². The van der Waals surface area contributed by atoms with Crippen LogP contribution in [0.4, 0.5) is 5.69 Å². The third-order valence-corrected chi connectivity index (χ3v) is 1.88. The molecule has 0 unspecified atom stereocenters. The van der Waals surface area contributed by atoms with Crippen molar-refractivity contribution in [2.75, 3.05) is 0 Å². The molecule has 0 radical (unpaired) electrons. The lowest BCUT2D eigenvalue weighted by Gasteiger charge is -1.98. The van der Waals surface area contributed by atoms with Crippen molar-refractivity contribution >= 4 is 23.3 Å². The van der Waals surface area contributed by atoms with E-state index in [1.54, 1.807) is 0 Å². The Labute approximate surface area is 84.1 Å². The Morgan fingerprint density at radius 1 is 1.57 bits per heavy atom. The quantitative estimate of drug-likeness (QED) is 0.617. The van der Waals surface area contributed by atoms with Crippen molar-refractivity contribution in [2.24, 2.45) is 0 Å². The van der Waals surface area contributed by atoms with Crippen LogP contribution in [0.25, 0.3) is 0 Å². The molecular formula is C8H6ClNO4. The van der Waals surface area contributed by atoms with Crippen LogP contribution in [0.5, 0.6) is 0 Å². The Morgan fingerprint density at radius 3 is 2.71 bits per heavy atom. The van der Waals surface area contributed by atoms with Gasteiger partial charge in [0.15, 0.2) is 0 Å². The van der Waals surface area contributed by atoms with Crippen molar-refractivity contribution in [3.8, 4) is 0 Å². The first-order chi connectivity index (χ1) is 6.50. The number of aliphatic carboxylic acids is 1. The highest BCUT2D eigenvalue weighted by molar-refractivity contribution is 6.32. The largest absolute Gasteiger partial charge is 0.481 e. The van der Waals surface area contributed by atoms with Gasteiger partial charge in [-0.05, 0) is 11.6 Å². The first-order valence-corrected chi connectivity index (χ1v) is 4.03. The highest BCUT2D eigenvalue weighted by atomic mass is 35.5. The van der Waals surface area contributed by atoms with Gasteiger partial charge in [-0.1, -0.05) is 17.7 Å². The minimum absolute atomic E-state index is 0.00383. The average molecular weight is 216 g/mol. The predicted molar refractivity (Wildman–Crippen MR) is 49.4 cm³/mol. The smallest absolute Gasteiger partial charge is 0.307 e. The molecule has 0 fully saturated rings. The first kappa shape index (κ1) is 10.5. The summed E-state index contributed by atoms with van der Waals surface area (Å²) < 4.78 is 0. The Hall–Kier alpha value is -1.62. The van der Waals surface area contributed by atoms with Crippen molar-refractivity contribution in [2.45, 2.75) is 6.42 Å². The molecule has 0 heterocycles. The van der Waals surface area contributed by atoms with Crippen molar-refractivity contribution in [1.29, 1.82) is 0 Å². The number of nitrogens with zero attached hydrogens (tertiary/aromatic N) is 1. The topological polar surface area (TPSA) is 80.4 Å². The molecule has 0 aromatic heterocycles. The van der Waals surface area contributed by atoms with Gasteiger partial charge in [0, 0.05) is 6.07 Å². The van der Waals surface area contributed by atoms with Gasteiger partial charge < -0.3 is 5.11 Å². The second-order valence-corrected chi connectivity index (χ2v) is 3.02. The van der Waals surface area contributed by atoms with E-state index in [0.29, 0.717) is 5.56 Å². The molecule has 1 aromatic carbocycles. The molecule has 1 rings (SSSR count). The molecule has 0 aliphatic rings. The summed E-state index contributed by atoms with van der Waals surface area (Å²) in [5, 5.41) is 18.9. The molecule has 0 aliphatic heterocycles. The number of rotatable bonds is 3. The summed E-state index contributed by atoms with van der Waals surface area (Å²) in [5.74, 6) is -1.04. The zero-order valence-electron chi connectivity index (χ0n) is 6.94. The third kappa shape index (κ3) is 2.43. The molecule has 0 bridgehead atoms. The highest BCUT2D eigenvalue weighted by Gasteiger charge is 2.13. The lowest BCUT2D eigenvalue weighted by molar-refractivity contribution is -0.384. The van der Waals surface area contributed by atoms with Crippen LogP contribution in [0.2, 0.25) is 5.02 Å². The summed E-state index contributed by atoms with van der Waals surface area (Å²) >= 11 is 5.54. The van der Waals surface area contributed by atoms with Crippen LogP contribution in [0.3, 0.4) is 0 Å². The van der Waals surface area contributed by atoms with E-state index in [1.807, 2.05) is 0 Å². The summed E-state index contributed by atoms with van der Waals surface area (Å²) in [6.45, 7) is 0. The van der Waals surface area contributed by atoms with E-state index < -0.39 is 10.9 Å². The fourth-order valence-corrected chi connectivity index (χ4v) is 1.17. The van der Waals surface area contributed by atoms with Gasteiger partial charge in [-0.3, -0.25) is 14.9 Å². The van der Waals surface area contributed by atoms with Gasteiger partial charge in [-0.15, -0.1) is 0 Å². The van der Waals surface area contributed by atoms with E-state index in [9.17, 15) is 14.9 Å². The van der Waals surface area contributed by atoms with Crippen molar-refractivity contribution in [3.05, 3.63) is 38.9 Å². The van der Waals surface area contributed by atoms with Gasteiger partial charge >= 0.3 is 5.97 Å². The van der Waals surface area contributed by atoms with Gasteiger partial charge in [0.1, 0.15) is 5.02 Å². The molecule has 14 heavy (non-hydrogen) atoms. The van der Waals surface area contributed by atoms with E-state index in [4.69, 9.17) is 16.7 Å². The van der Waals surface area contributed by atoms with Crippen LogP contribution in [0.1, 0.15) is 5.56 Å². The molecule has 0 spiro atoms. The number of hydrogen-bond donors (Lipinski definition) is 1. The Bertz CT molecular complexity index is 391. The van der Waals surface area contributed by atoms with Crippen LogP contribution in [-0.4, -0.2) is 16.0 Å². The van der Waals surface area contributed by atoms with Gasteiger partial charge in [0.05, 0.1) is 11.3 Å². The Morgan fingerprint density at radius 2 is 2.21 bits per heavy atom. The summed E-state index contributed by atoms with van der Waals surface area (Å²) in [6, 6.07) is 3.93. The Balaban J connectivity index is 3.06. The molecule has 6 heteroatoms. The van der Waals surface area contributed by atoms with Crippen LogP contribution in [-0.2, 0) is 11.2 Å². The van der Waals surface area contributed by atoms with Gasteiger partial charge in [0.2, 0.25) is 0 Å². The van der Waals surface area contributed by atoms with Gasteiger partial charge in [0.25, 0.3) is 5.69 Å². The fraction of sp³-hybridized carbons (Fsp3) is 0.125. The zero-order chi connectivity index (χ0) is 10.7. The summed E-state index contributed by atoms with van der Waals surface area (Å²) in [7, 11) is 0. The number of carboxylic acids is 1. The molecule has 0 aliphatic carbocycles. The summed E-state index contributed by atoms with van der Waals surface area (Å²) in [4.78, 5) is 20.1. The third-order valence-electron chi connectivity index (χ3n) is 1.56. The molecule has 5 nitrogen and oxygen atoms in total. The van der Waals surface area contributed by atoms with Crippen LogP contribution < -0.4 is 0 Å². The number of carboxylic acid groups (broad SMARTS) is 1. The maximum absolute atomic E-state index is 10.4. The van der Waals surface area contributed by atoms with Gasteiger partial charge in [-0.2, -0.15) is 0 Å². The minimum Gasteiger partial charge on any atom is -0.481 e. The van der Waals surface area contributed by atoms with Crippen molar-refractivity contribution < 1.29 is 14.8 Å². The number of nitro groups is 1. The summed E-state index contributed by atoms with van der Waals surface area (Å²) in [6.07, 6.45) is -0.252. The molecule has 0 saturated heterocycles. The van der Waals surface area contributed by atoms with E-state index in [2.05, 4.69) is 0 Å². The maximum Gasteiger partial charge on any atom is 0.307 e. The SMILES string of the molecule is O=C(O)Cc1ccc(Cl)c([N+](=O)[O-])c1. The number of benzene rings is 1. The molecule has 0 amide bonds. The van der Waals surface area contributed by atoms with E-state index in [-0.39, 0.29) is 17.1 Å². The fourth-order valence-electron chi connectivity index (χ4n) is 0.983. The predicted octanol–water partition coefficient (Wildman–Crippen LogP) is 1.88. The number of nitro benzene ring substituents is 1. The second-order valence-electron chi connectivity index (χ2n) is 2.61. The van der Waals surface area contributed by atoms with Gasteiger partial charge in [-0.25, -0.2) is 0 Å². The molecule has 74 valence electrons. The maximum atomic E-state index is 10.4. The lowest BCUT2D eigenvalue weighted by atomic mass is 10.1. The van der Waals surface area contributed by atoms with E-state index in [0.717, 1.165) is 6.07 Å². The molecule has 1 aromatic rings. The molecule has 1 N–H and O–H groups in total. The molecular weight excluding hydrogens is 210 g/mol. The molecule has 0 saturated carbocycles. The normalized spacial score (nSPS) is 9.79. The number of carbonyl (C=O) groups is 1. The minimum atomic E-state index is -1.04. The van der Waals surface area contributed by atoms with Crippen molar-refractivity contribution in [3.63, 3.8) is 0 Å². The summed E-state index contributed by atoms with van der Waals surface area (Å²) in [5.41, 5.74) is 0.0824. The average Bonchev–Trinajstić information content (AvgIpc) is 2.07. The standard InChI is InChI=1S/C8H6ClNO4/c9-6-2-1-5(4-8(11)12)3-7(6)10(13)14/h1-3H,4H2,(H,11,12). The first-order valence-electron chi connectivity index (χ1n) is 3.65. The van der Waals surface area contributed by atoms with Crippen molar-refractivity contribution in [1.82, 2.24) is 0 Å². The van der Waals surface area contributed by atoms with Crippen LogP contribution in [0.15, 0.2) is 18.2 Å². The monoisotopic (exact) mass is 215 g/mol. The second kappa shape index (κ2) is 4.06. The molecule has 0 atom stereocenters. The number of halogens is 1.